The van der Waals surface area contributed by atoms with Crippen molar-refractivity contribution >= 4 is 28.5 Å². The van der Waals surface area contributed by atoms with Crippen molar-refractivity contribution in [3.63, 3.8) is 0 Å². The molecule has 0 unspecified atom stereocenters. The topological polar surface area (TPSA) is 73.4 Å². The van der Waals surface area contributed by atoms with Gasteiger partial charge in [-0.15, -0.1) is 0 Å². The van der Waals surface area contributed by atoms with Crippen LogP contribution in [0.15, 0.2) is 53.2 Å². The van der Waals surface area contributed by atoms with E-state index < -0.39 is 0 Å². The van der Waals surface area contributed by atoms with Crippen LogP contribution in [0.4, 0.5) is 0 Å². The lowest BCUT2D eigenvalue weighted by Gasteiger charge is -2.30. The molecule has 0 amide bonds. The Bertz CT molecular complexity index is 1390. The molecule has 1 fully saturated rings. The van der Waals surface area contributed by atoms with E-state index in [2.05, 4.69) is 51.7 Å². The molecule has 0 aliphatic carbocycles. The van der Waals surface area contributed by atoms with Crippen molar-refractivity contribution in [2.45, 2.75) is 46.1 Å². The first-order valence-electron chi connectivity index (χ1n) is 13.1. The van der Waals surface area contributed by atoms with Gasteiger partial charge in [0, 0.05) is 40.8 Å². The summed E-state index contributed by atoms with van der Waals surface area (Å²) < 4.78 is 13.0. The number of rotatable bonds is 8. The average molecular weight is 521 g/mol. The van der Waals surface area contributed by atoms with E-state index in [0.29, 0.717) is 29.4 Å². The van der Waals surface area contributed by atoms with E-state index in [1.54, 1.807) is 0 Å². The Hall–Kier alpha value is -3.16. The third kappa shape index (κ3) is 5.58. The van der Waals surface area contributed by atoms with Crippen molar-refractivity contribution < 1.29 is 14.1 Å². The minimum absolute atomic E-state index is 0.0406. The Morgan fingerprint density at radius 3 is 2.73 bits per heavy atom. The van der Waals surface area contributed by atoms with Crippen LogP contribution in [0.1, 0.15) is 45.2 Å². The van der Waals surface area contributed by atoms with Gasteiger partial charge in [0.1, 0.15) is 0 Å². The highest BCUT2D eigenvalue weighted by Gasteiger charge is 2.25. The maximum atomic E-state index is 12.0. The molecule has 0 saturated carbocycles. The number of halogens is 1. The van der Waals surface area contributed by atoms with E-state index in [-0.39, 0.29) is 11.9 Å². The molecule has 2 aromatic heterocycles. The van der Waals surface area contributed by atoms with Crippen molar-refractivity contribution in [1.82, 2.24) is 19.6 Å². The number of ether oxygens (including phenoxy) is 1. The molecule has 0 atom stereocenters. The van der Waals surface area contributed by atoms with Gasteiger partial charge < -0.3 is 18.7 Å². The van der Waals surface area contributed by atoms with Crippen LogP contribution in [0.5, 0.6) is 0 Å². The molecule has 5 rings (SSSR count). The van der Waals surface area contributed by atoms with Crippen molar-refractivity contribution in [3.8, 4) is 22.8 Å². The summed E-state index contributed by atoms with van der Waals surface area (Å²) in [6, 6.07) is 14.7. The fraction of sp³-hybridized carbons (Fsp3) is 0.414. The molecule has 0 N–H and O–H groups in total. The summed E-state index contributed by atoms with van der Waals surface area (Å²) in [5.41, 5.74) is 4.08. The van der Waals surface area contributed by atoms with Gasteiger partial charge in [0.25, 0.3) is 5.89 Å². The monoisotopic (exact) mass is 520 g/mol. The van der Waals surface area contributed by atoms with E-state index in [9.17, 15) is 4.79 Å². The smallest absolute Gasteiger partial charge is 0.309 e. The zero-order valence-corrected chi connectivity index (χ0v) is 22.4. The Kier molecular flexibility index (Phi) is 7.63. The normalized spacial score (nSPS) is 15.1. The quantitative estimate of drug-likeness (QED) is 0.250. The van der Waals surface area contributed by atoms with Gasteiger partial charge in [-0.1, -0.05) is 35.0 Å². The average Bonchev–Trinajstić information content (AvgIpc) is 3.53. The maximum Gasteiger partial charge on any atom is 0.309 e. The molecule has 3 heterocycles. The fourth-order valence-corrected chi connectivity index (χ4v) is 5.29. The van der Waals surface area contributed by atoms with Gasteiger partial charge in [-0.25, -0.2) is 0 Å². The molecule has 2 aromatic carbocycles. The van der Waals surface area contributed by atoms with Crippen molar-refractivity contribution in [2.24, 2.45) is 5.92 Å². The summed E-state index contributed by atoms with van der Waals surface area (Å²) in [7, 11) is 0. The van der Waals surface area contributed by atoms with Crippen LogP contribution in [0, 0.1) is 5.92 Å². The molecule has 1 aliphatic heterocycles. The number of likely N-dealkylation sites (tertiary alicyclic amines) is 1. The van der Waals surface area contributed by atoms with E-state index in [1.165, 1.54) is 5.56 Å². The minimum atomic E-state index is -0.0497. The van der Waals surface area contributed by atoms with Gasteiger partial charge in [-0.3, -0.25) is 4.79 Å². The second kappa shape index (κ2) is 11.1. The molecule has 1 saturated heterocycles. The first-order chi connectivity index (χ1) is 17.9. The van der Waals surface area contributed by atoms with E-state index >= 15 is 0 Å². The summed E-state index contributed by atoms with van der Waals surface area (Å²) in [5, 5.41) is 5.94. The summed E-state index contributed by atoms with van der Waals surface area (Å²) in [4.78, 5) is 19.1. The number of piperidine rings is 1. The highest BCUT2D eigenvalue weighted by molar-refractivity contribution is 6.35. The van der Waals surface area contributed by atoms with Gasteiger partial charge in [-0.05, 0) is 83.0 Å². The van der Waals surface area contributed by atoms with Crippen LogP contribution >= 0.6 is 11.6 Å². The van der Waals surface area contributed by atoms with E-state index in [0.717, 1.165) is 60.9 Å². The van der Waals surface area contributed by atoms with E-state index in [1.807, 2.05) is 37.4 Å². The second-order valence-electron chi connectivity index (χ2n) is 9.95. The molecule has 37 heavy (non-hydrogen) atoms. The Labute approximate surface area is 222 Å². The highest BCUT2D eigenvalue weighted by Crippen LogP contribution is 2.32. The Morgan fingerprint density at radius 2 is 1.97 bits per heavy atom. The van der Waals surface area contributed by atoms with Crippen molar-refractivity contribution in [2.75, 3.05) is 26.2 Å². The number of carbonyl (C=O) groups is 1. The summed E-state index contributed by atoms with van der Waals surface area (Å²) in [5.74, 6) is 1.03. The number of nitrogens with zero attached hydrogens (tertiary/aromatic N) is 4. The lowest BCUT2D eigenvalue weighted by atomic mass is 9.96. The standard InChI is InChI=1S/C29H33ClN4O3/c1-4-36-29(35)21-11-14-33(15-12-21)13-10-20-6-5-7-22(16-20)27-31-28(37-32-27)23-8-9-26-24(17-23)25(30)18-34(26)19(2)3/h5-9,16-19,21H,4,10-15H2,1-3H3. The zero-order chi connectivity index (χ0) is 25.9. The van der Waals surface area contributed by atoms with Crippen LogP contribution in [-0.2, 0) is 16.0 Å². The Morgan fingerprint density at radius 1 is 1.16 bits per heavy atom. The van der Waals surface area contributed by atoms with Gasteiger partial charge in [0.2, 0.25) is 5.82 Å². The number of hydrogen-bond donors (Lipinski definition) is 0. The van der Waals surface area contributed by atoms with Crippen LogP contribution in [0.3, 0.4) is 0 Å². The molecule has 0 radical (unpaired) electrons. The van der Waals surface area contributed by atoms with Crippen LogP contribution in [0.25, 0.3) is 33.7 Å². The van der Waals surface area contributed by atoms with Crippen molar-refractivity contribution in [3.05, 3.63) is 59.2 Å². The molecule has 0 bridgehead atoms. The number of carbonyl (C=O) groups excluding carboxylic acids is 1. The number of hydrogen-bond acceptors (Lipinski definition) is 6. The summed E-state index contributed by atoms with van der Waals surface area (Å²) >= 11 is 6.51. The maximum absolute atomic E-state index is 12.0. The predicted octanol–water partition coefficient (Wildman–Crippen LogP) is 6.41. The van der Waals surface area contributed by atoms with Crippen molar-refractivity contribution in [1.29, 1.82) is 0 Å². The first kappa shape index (κ1) is 25.5. The molecule has 1 aliphatic rings. The van der Waals surface area contributed by atoms with Gasteiger partial charge in [-0.2, -0.15) is 4.98 Å². The SMILES string of the molecule is CCOC(=O)C1CCN(CCc2cccc(-c3noc(-c4ccc5c(c4)c(Cl)cn5C(C)C)n3)c2)CC1. The number of esters is 1. The van der Waals surface area contributed by atoms with Gasteiger partial charge in [0.15, 0.2) is 0 Å². The highest BCUT2D eigenvalue weighted by atomic mass is 35.5. The Balaban J connectivity index is 1.24. The second-order valence-corrected chi connectivity index (χ2v) is 10.4. The number of aromatic nitrogens is 3. The van der Waals surface area contributed by atoms with Gasteiger partial charge >= 0.3 is 5.97 Å². The van der Waals surface area contributed by atoms with E-state index in [4.69, 9.17) is 20.9 Å². The number of benzene rings is 2. The molecular weight excluding hydrogens is 488 g/mol. The molecule has 194 valence electrons. The molecule has 4 aromatic rings. The predicted molar refractivity (Wildman–Crippen MR) is 146 cm³/mol. The summed E-state index contributed by atoms with van der Waals surface area (Å²) in [6.07, 6.45) is 4.62. The third-order valence-electron chi connectivity index (χ3n) is 7.12. The summed E-state index contributed by atoms with van der Waals surface area (Å²) in [6.45, 7) is 9.38. The fourth-order valence-electron chi connectivity index (χ4n) is 5.04. The molecule has 0 spiro atoms. The minimum Gasteiger partial charge on any atom is -0.466 e. The first-order valence-corrected chi connectivity index (χ1v) is 13.4. The van der Waals surface area contributed by atoms with Crippen LogP contribution < -0.4 is 0 Å². The van der Waals surface area contributed by atoms with Crippen LogP contribution in [0.2, 0.25) is 5.02 Å². The van der Waals surface area contributed by atoms with Crippen LogP contribution in [-0.4, -0.2) is 51.8 Å². The molecular formula is C29H33ClN4O3. The number of fused-ring (bicyclic) bond motifs is 1. The largest absolute Gasteiger partial charge is 0.466 e. The lowest BCUT2D eigenvalue weighted by molar-refractivity contribution is -0.149. The lowest BCUT2D eigenvalue weighted by Crippen LogP contribution is -2.38. The zero-order valence-electron chi connectivity index (χ0n) is 21.6. The molecule has 7 nitrogen and oxygen atoms in total. The third-order valence-corrected chi connectivity index (χ3v) is 7.42. The van der Waals surface area contributed by atoms with Gasteiger partial charge in [0.05, 0.1) is 17.5 Å². The molecule has 8 heteroatoms.